The molecule has 0 saturated carbocycles. The Bertz CT molecular complexity index is 1570. The third-order valence-electron chi connectivity index (χ3n) is 7.70. The third-order valence-corrected chi connectivity index (χ3v) is 7.70. The number of nitrogens with two attached hydrogens (primary N) is 1. The second-order valence-electron chi connectivity index (χ2n) is 10.8. The number of ether oxygens (including phenoxy) is 3. The lowest BCUT2D eigenvalue weighted by molar-refractivity contribution is -0.288. The summed E-state index contributed by atoms with van der Waals surface area (Å²) in [7, 11) is 0. The van der Waals surface area contributed by atoms with E-state index in [-0.39, 0.29) is 36.9 Å². The number of nitrogen functional groups attached to an aromatic ring is 1. The fourth-order valence-corrected chi connectivity index (χ4v) is 5.85. The van der Waals surface area contributed by atoms with Crippen LogP contribution in [0.15, 0.2) is 48.5 Å². The van der Waals surface area contributed by atoms with Gasteiger partial charge in [0.2, 0.25) is 0 Å². The van der Waals surface area contributed by atoms with Crippen LogP contribution in [0, 0.1) is 5.92 Å². The first-order chi connectivity index (χ1) is 21.3. The van der Waals surface area contributed by atoms with Gasteiger partial charge in [-0.1, -0.05) is 50.1 Å². The molecule has 0 aromatic heterocycles. The van der Waals surface area contributed by atoms with E-state index >= 15 is 0 Å². The molecule has 1 aliphatic carbocycles. The molecule has 250 valence electrons. The molecule has 0 radical (unpaired) electrons. The first-order valence-electron chi connectivity index (χ1n) is 14.0. The number of alkyl halides is 9. The topological polar surface area (TPSA) is 91.0 Å². The van der Waals surface area contributed by atoms with E-state index < -0.39 is 60.2 Å². The van der Waals surface area contributed by atoms with Gasteiger partial charge in [-0.05, 0) is 71.6 Å². The number of carboxylic acids is 1. The van der Waals surface area contributed by atoms with Crippen molar-refractivity contribution in [2.45, 2.75) is 70.5 Å². The normalized spacial score (nSPS) is 14.3. The molecule has 0 aliphatic heterocycles. The molecule has 0 fully saturated rings. The summed E-state index contributed by atoms with van der Waals surface area (Å²) in [4.78, 5) is 12.6. The number of aliphatic carboxylic acids is 1. The molecule has 6 nitrogen and oxygen atoms in total. The number of fused-ring (bicyclic) bond motifs is 3. The molecule has 3 N–H and O–H groups in total. The molecule has 0 spiro atoms. The second kappa shape index (κ2) is 13.2. The van der Waals surface area contributed by atoms with E-state index in [1.807, 2.05) is 30.3 Å². The SMILES string of the molecule is CCC(CCCc1cc(OC(F)(F)F)cc(OC(F)(F)F)c1OC(F)(F)F)CC(C(=O)O)c1c(N)ccc2c1Cc1ccccc1-2. The molecule has 4 rings (SSSR count). The number of halogens is 9. The Morgan fingerprint density at radius 2 is 1.54 bits per heavy atom. The zero-order chi connectivity index (χ0) is 34.0. The Kier molecular flexibility index (Phi) is 9.92. The summed E-state index contributed by atoms with van der Waals surface area (Å²) < 4.78 is 128. The minimum Gasteiger partial charge on any atom is -0.481 e. The molecule has 0 amide bonds. The lowest BCUT2D eigenvalue weighted by Gasteiger charge is -2.24. The van der Waals surface area contributed by atoms with Crippen molar-refractivity contribution in [2.24, 2.45) is 5.92 Å². The standard InChI is InChI=1S/C31H28F9NO5/c1-2-16(12-23(28(42)43)26-22-14-17-7-3-4-9-20(17)21(22)10-11-24(26)41)6-5-8-18-13-19(44-29(32,33)34)15-25(45-30(35,36)37)27(18)46-31(38,39)40/h3-4,7,9-11,13,15-16,23H,2,5-6,8,12,14,41H2,1H3,(H,42,43). The van der Waals surface area contributed by atoms with Crippen molar-refractivity contribution < 1.29 is 63.6 Å². The Hall–Kier alpha value is -4.30. The zero-order valence-electron chi connectivity index (χ0n) is 24.1. The van der Waals surface area contributed by atoms with E-state index in [1.54, 1.807) is 13.0 Å². The van der Waals surface area contributed by atoms with Gasteiger partial charge in [0.1, 0.15) is 5.75 Å². The molecular weight excluding hydrogens is 637 g/mol. The highest BCUT2D eigenvalue weighted by Gasteiger charge is 2.39. The summed E-state index contributed by atoms with van der Waals surface area (Å²) in [6, 6.07) is 11.5. The average molecular weight is 666 g/mol. The van der Waals surface area contributed by atoms with Crippen molar-refractivity contribution in [2.75, 3.05) is 5.73 Å². The highest BCUT2D eigenvalue weighted by atomic mass is 19.4. The quantitative estimate of drug-likeness (QED) is 0.116. The molecule has 0 bridgehead atoms. The number of anilines is 1. The maximum absolute atomic E-state index is 13.2. The van der Waals surface area contributed by atoms with Crippen LogP contribution in [-0.2, 0) is 17.6 Å². The largest absolute Gasteiger partial charge is 0.573 e. The summed E-state index contributed by atoms with van der Waals surface area (Å²) in [6.45, 7) is 1.75. The van der Waals surface area contributed by atoms with Gasteiger partial charge in [-0.15, -0.1) is 39.5 Å². The van der Waals surface area contributed by atoms with Crippen molar-refractivity contribution in [3.63, 3.8) is 0 Å². The number of aryl methyl sites for hydroxylation is 1. The highest BCUT2D eigenvalue weighted by molar-refractivity contribution is 5.86. The molecule has 0 heterocycles. The maximum Gasteiger partial charge on any atom is 0.573 e. The summed E-state index contributed by atoms with van der Waals surface area (Å²) in [6.07, 6.45) is -15.9. The minimum absolute atomic E-state index is 0.00114. The summed E-state index contributed by atoms with van der Waals surface area (Å²) in [5.41, 5.74) is 9.92. The molecule has 1 aliphatic rings. The van der Waals surface area contributed by atoms with Crippen LogP contribution in [-0.4, -0.2) is 30.2 Å². The molecule has 0 saturated heterocycles. The van der Waals surface area contributed by atoms with Crippen LogP contribution in [0.2, 0.25) is 0 Å². The van der Waals surface area contributed by atoms with Gasteiger partial charge in [0.15, 0.2) is 11.5 Å². The van der Waals surface area contributed by atoms with Gasteiger partial charge in [0.25, 0.3) is 0 Å². The highest BCUT2D eigenvalue weighted by Crippen LogP contribution is 2.46. The van der Waals surface area contributed by atoms with E-state index in [9.17, 15) is 49.4 Å². The number of hydrogen-bond donors (Lipinski definition) is 2. The summed E-state index contributed by atoms with van der Waals surface area (Å²) in [5, 5.41) is 10.2. The second-order valence-corrected chi connectivity index (χ2v) is 10.8. The monoisotopic (exact) mass is 665 g/mol. The smallest absolute Gasteiger partial charge is 0.481 e. The average Bonchev–Trinajstić information content (AvgIpc) is 3.29. The van der Waals surface area contributed by atoms with Crippen LogP contribution < -0.4 is 19.9 Å². The fourth-order valence-electron chi connectivity index (χ4n) is 5.85. The maximum atomic E-state index is 13.2. The van der Waals surface area contributed by atoms with Crippen molar-refractivity contribution in [3.05, 3.63) is 70.8 Å². The number of carbonyl (C=O) groups is 1. The van der Waals surface area contributed by atoms with Crippen LogP contribution >= 0.6 is 0 Å². The van der Waals surface area contributed by atoms with Crippen molar-refractivity contribution in [3.8, 4) is 28.4 Å². The van der Waals surface area contributed by atoms with Gasteiger partial charge in [-0.3, -0.25) is 4.79 Å². The molecular formula is C31H28F9NO5. The van der Waals surface area contributed by atoms with Gasteiger partial charge in [0, 0.05) is 17.3 Å². The van der Waals surface area contributed by atoms with Crippen molar-refractivity contribution in [1.82, 2.24) is 0 Å². The van der Waals surface area contributed by atoms with Crippen LogP contribution in [0.5, 0.6) is 17.2 Å². The van der Waals surface area contributed by atoms with Crippen LogP contribution in [0.25, 0.3) is 11.1 Å². The van der Waals surface area contributed by atoms with E-state index in [0.29, 0.717) is 24.5 Å². The lowest BCUT2D eigenvalue weighted by Crippen LogP contribution is -2.23. The van der Waals surface area contributed by atoms with Crippen molar-refractivity contribution >= 4 is 11.7 Å². The van der Waals surface area contributed by atoms with Gasteiger partial charge < -0.3 is 25.1 Å². The number of hydrogen-bond acceptors (Lipinski definition) is 5. The number of rotatable bonds is 12. The molecule has 3 aromatic carbocycles. The summed E-state index contributed by atoms with van der Waals surface area (Å²) in [5.74, 6) is -6.97. The van der Waals surface area contributed by atoms with Gasteiger partial charge in [0.05, 0.1) is 5.92 Å². The molecule has 2 unspecified atom stereocenters. The first-order valence-corrected chi connectivity index (χ1v) is 14.0. The Labute approximate surface area is 256 Å². The van der Waals surface area contributed by atoms with Crippen LogP contribution in [0.4, 0.5) is 45.2 Å². The van der Waals surface area contributed by atoms with Crippen LogP contribution in [0.3, 0.4) is 0 Å². The molecule has 2 atom stereocenters. The Balaban J connectivity index is 1.60. The van der Waals surface area contributed by atoms with E-state index in [2.05, 4.69) is 14.2 Å². The van der Waals surface area contributed by atoms with E-state index in [4.69, 9.17) is 5.73 Å². The van der Waals surface area contributed by atoms with Gasteiger partial charge >= 0.3 is 25.1 Å². The number of benzene rings is 3. The van der Waals surface area contributed by atoms with Crippen molar-refractivity contribution in [1.29, 1.82) is 0 Å². The Morgan fingerprint density at radius 1 is 0.891 bits per heavy atom. The predicted molar refractivity (Wildman–Crippen MR) is 147 cm³/mol. The van der Waals surface area contributed by atoms with Crippen LogP contribution in [0.1, 0.15) is 60.8 Å². The first kappa shape index (κ1) is 34.6. The molecule has 46 heavy (non-hydrogen) atoms. The Morgan fingerprint density at radius 3 is 2.15 bits per heavy atom. The molecule has 3 aromatic rings. The summed E-state index contributed by atoms with van der Waals surface area (Å²) >= 11 is 0. The lowest BCUT2D eigenvalue weighted by atomic mass is 9.81. The zero-order valence-corrected chi connectivity index (χ0v) is 24.1. The van der Waals surface area contributed by atoms with Gasteiger partial charge in [-0.25, -0.2) is 0 Å². The molecule has 15 heteroatoms. The predicted octanol–water partition coefficient (Wildman–Crippen LogP) is 9.14. The van der Waals surface area contributed by atoms with E-state index in [1.165, 1.54) is 0 Å². The number of carboxylic acid groups (broad SMARTS) is 1. The van der Waals surface area contributed by atoms with Gasteiger partial charge in [-0.2, -0.15) is 0 Å². The minimum atomic E-state index is -5.57. The third kappa shape index (κ3) is 8.69. The van der Waals surface area contributed by atoms with E-state index in [0.717, 1.165) is 22.3 Å². The fraction of sp³-hybridized carbons (Fsp3) is 0.387.